The van der Waals surface area contributed by atoms with E-state index in [4.69, 9.17) is 23.8 Å². The second-order valence-corrected chi connectivity index (χ2v) is 7.61. The van der Waals surface area contributed by atoms with Gasteiger partial charge in [0, 0.05) is 10.7 Å². The average molecular weight is 400 g/mol. The molecule has 0 aliphatic heterocycles. The van der Waals surface area contributed by atoms with Crippen LogP contribution in [0.2, 0.25) is 5.02 Å². The molecule has 0 bridgehead atoms. The number of hydrogen-bond donors (Lipinski definition) is 1. The van der Waals surface area contributed by atoms with Crippen LogP contribution in [-0.2, 0) is 9.53 Å². The number of benzene rings is 1. The Morgan fingerprint density at radius 3 is 2.83 bits per heavy atom. The van der Waals surface area contributed by atoms with Gasteiger partial charge in [0.2, 0.25) is 0 Å². The first-order chi connectivity index (χ1) is 11.5. The minimum absolute atomic E-state index is 0.0523. The summed E-state index contributed by atoms with van der Waals surface area (Å²) in [6, 6.07) is 7.08. The number of thioether (sulfide) groups is 1. The van der Waals surface area contributed by atoms with Gasteiger partial charge in [-0.3, -0.25) is 14.2 Å². The van der Waals surface area contributed by atoms with E-state index >= 15 is 0 Å². The van der Waals surface area contributed by atoms with Crippen molar-refractivity contribution in [3.05, 3.63) is 43.6 Å². The number of halogens is 1. The molecule has 3 aromatic rings. The fourth-order valence-corrected chi connectivity index (χ4v) is 4.05. The third-order valence-electron chi connectivity index (χ3n) is 3.06. The van der Waals surface area contributed by atoms with Crippen LogP contribution in [0.4, 0.5) is 0 Å². The SMILES string of the molecule is COC(=O)CSc1nc2c(sc(=S)n2-c2ccc(Cl)cc2)c(=O)[nH]1. The third kappa shape index (κ3) is 3.39. The molecule has 0 fully saturated rings. The van der Waals surface area contributed by atoms with Gasteiger partial charge >= 0.3 is 5.97 Å². The van der Waals surface area contributed by atoms with Crippen LogP contribution in [0, 0.1) is 3.95 Å². The van der Waals surface area contributed by atoms with Gasteiger partial charge in [0.05, 0.1) is 12.9 Å². The summed E-state index contributed by atoms with van der Waals surface area (Å²) in [6.07, 6.45) is 0. The van der Waals surface area contributed by atoms with Gasteiger partial charge in [-0.15, -0.1) is 0 Å². The highest BCUT2D eigenvalue weighted by Crippen LogP contribution is 2.25. The van der Waals surface area contributed by atoms with Crippen molar-refractivity contribution in [1.29, 1.82) is 0 Å². The lowest BCUT2D eigenvalue weighted by Crippen LogP contribution is -2.11. The van der Waals surface area contributed by atoms with Crippen molar-refractivity contribution in [3.8, 4) is 5.69 Å². The molecule has 0 amide bonds. The normalized spacial score (nSPS) is 10.9. The first kappa shape index (κ1) is 17.2. The van der Waals surface area contributed by atoms with Crippen molar-refractivity contribution in [2.75, 3.05) is 12.9 Å². The van der Waals surface area contributed by atoms with Gasteiger partial charge in [0.1, 0.15) is 4.70 Å². The molecule has 0 unspecified atom stereocenters. The molecule has 2 heterocycles. The summed E-state index contributed by atoms with van der Waals surface area (Å²) in [6.45, 7) is 0. The number of hydrogen-bond acceptors (Lipinski definition) is 7. The van der Waals surface area contributed by atoms with Gasteiger partial charge in [0.15, 0.2) is 14.8 Å². The number of fused-ring (bicyclic) bond motifs is 1. The Kier molecular flexibility index (Phi) is 5.04. The van der Waals surface area contributed by atoms with E-state index in [-0.39, 0.29) is 11.3 Å². The fourth-order valence-electron chi connectivity index (χ4n) is 1.97. The summed E-state index contributed by atoms with van der Waals surface area (Å²) < 4.78 is 7.23. The number of ether oxygens (including phenoxy) is 1. The first-order valence-electron chi connectivity index (χ1n) is 6.61. The van der Waals surface area contributed by atoms with E-state index in [1.54, 1.807) is 28.8 Å². The molecule has 0 atom stereocenters. The second kappa shape index (κ2) is 7.06. The zero-order chi connectivity index (χ0) is 17.3. The Bertz CT molecular complexity index is 1020. The van der Waals surface area contributed by atoms with Crippen LogP contribution >= 0.6 is 46.9 Å². The average Bonchev–Trinajstić information content (AvgIpc) is 2.90. The molecule has 0 aliphatic carbocycles. The Morgan fingerprint density at radius 1 is 1.46 bits per heavy atom. The van der Waals surface area contributed by atoms with E-state index in [9.17, 15) is 9.59 Å². The number of nitrogens with zero attached hydrogens (tertiary/aromatic N) is 2. The molecule has 2 aromatic heterocycles. The van der Waals surface area contributed by atoms with Crippen molar-refractivity contribution in [3.63, 3.8) is 0 Å². The number of aromatic nitrogens is 3. The maximum absolute atomic E-state index is 12.3. The number of carbonyl (C=O) groups is 1. The van der Waals surface area contributed by atoms with E-state index in [0.29, 0.717) is 24.5 Å². The molecular weight excluding hydrogens is 390 g/mol. The minimum atomic E-state index is -0.400. The van der Waals surface area contributed by atoms with Gasteiger partial charge in [-0.1, -0.05) is 34.7 Å². The van der Waals surface area contributed by atoms with Crippen LogP contribution < -0.4 is 5.56 Å². The fraction of sp³-hybridized carbons (Fsp3) is 0.143. The van der Waals surface area contributed by atoms with Gasteiger partial charge in [-0.05, 0) is 36.5 Å². The summed E-state index contributed by atoms with van der Waals surface area (Å²) in [5.74, 6) is -0.348. The van der Waals surface area contributed by atoms with Crippen molar-refractivity contribution < 1.29 is 9.53 Å². The smallest absolute Gasteiger partial charge is 0.316 e. The highest BCUT2D eigenvalue weighted by Gasteiger charge is 2.14. The summed E-state index contributed by atoms with van der Waals surface area (Å²) in [7, 11) is 1.30. The molecule has 3 rings (SSSR count). The molecule has 0 aliphatic rings. The van der Waals surface area contributed by atoms with Crippen molar-refractivity contribution in [2.45, 2.75) is 5.16 Å². The lowest BCUT2D eigenvalue weighted by Gasteiger charge is -2.05. The molecule has 24 heavy (non-hydrogen) atoms. The zero-order valence-electron chi connectivity index (χ0n) is 12.2. The van der Waals surface area contributed by atoms with Crippen LogP contribution in [0.15, 0.2) is 34.2 Å². The number of carbonyl (C=O) groups excluding carboxylic acids is 1. The van der Waals surface area contributed by atoms with E-state index in [2.05, 4.69) is 14.7 Å². The Balaban J connectivity index is 2.12. The van der Waals surface area contributed by atoms with Crippen LogP contribution in [0.3, 0.4) is 0 Å². The molecule has 6 nitrogen and oxygen atoms in total. The summed E-state index contributed by atoms with van der Waals surface area (Å²) >= 11 is 13.6. The number of aromatic amines is 1. The molecule has 0 spiro atoms. The summed E-state index contributed by atoms with van der Waals surface area (Å²) in [5.41, 5.74) is 0.914. The molecular formula is C14H10ClN3O3S3. The van der Waals surface area contributed by atoms with Gasteiger partial charge in [-0.2, -0.15) is 0 Å². The predicted molar refractivity (Wildman–Crippen MR) is 98.2 cm³/mol. The van der Waals surface area contributed by atoms with Crippen LogP contribution in [0.1, 0.15) is 0 Å². The van der Waals surface area contributed by atoms with Crippen LogP contribution in [-0.4, -0.2) is 33.4 Å². The Hall–Kier alpha value is -1.68. The predicted octanol–water partition coefficient (Wildman–Crippen LogP) is 3.42. The Labute approximate surface area is 154 Å². The van der Waals surface area contributed by atoms with Crippen molar-refractivity contribution in [1.82, 2.24) is 14.5 Å². The number of esters is 1. The lowest BCUT2D eigenvalue weighted by atomic mass is 10.3. The van der Waals surface area contributed by atoms with Crippen LogP contribution in [0.25, 0.3) is 16.0 Å². The molecule has 0 saturated heterocycles. The monoisotopic (exact) mass is 399 g/mol. The quantitative estimate of drug-likeness (QED) is 0.313. The maximum atomic E-state index is 12.3. The lowest BCUT2D eigenvalue weighted by molar-refractivity contribution is -0.137. The number of thiazole rings is 1. The number of rotatable bonds is 4. The molecule has 124 valence electrons. The largest absolute Gasteiger partial charge is 0.468 e. The topological polar surface area (TPSA) is 77.0 Å². The van der Waals surface area contributed by atoms with Gasteiger partial charge < -0.3 is 9.72 Å². The first-order valence-corrected chi connectivity index (χ1v) is 9.20. The van der Waals surface area contributed by atoms with E-state index in [0.717, 1.165) is 17.4 Å². The van der Waals surface area contributed by atoms with Gasteiger partial charge in [0.25, 0.3) is 5.56 Å². The third-order valence-corrected chi connectivity index (χ3v) is 5.52. The number of nitrogens with one attached hydrogen (secondary N) is 1. The highest BCUT2D eigenvalue weighted by atomic mass is 35.5. The molecule has 10 heteroatoms. The zero-order valence-corrected chi connectivity index (χ0v) is 15.4. The minimum Gasteiger partial charge on any atom is -0.468 e. The second-order valence-electron chi connectivity index (χ2n) is 4.57. The molecule has 1 aromatic carbocycles. The maximum Gasteiger partial charge on any atom is 0.316 e. The number of methoxy groups -OCH3 is 1. The van der Waals surface area contributed by atoms with Crippen molar-refractivity contribution >= 4 is 63.2 Å². The van der Waals surface area contributed by atoms with Gasteiger partial charge in [-0.25, -0.2) is 4.98 Å². The van der Waals surface area contributed by atoms with Crippen molar-refractivity contribution in [2.24, 2.45) is 0 Å². The standard InChI is InChI=1S/C14H10ClN3O3S3/c1-21-9(19)6-23-13-16-11-10(12(20)17-13)24-14(22)18(11)8-4-2-7(15)3-5-8/h2-5H,6H2,1H3,(H,16,17,20). The summed E-state index contributed by atoms with van der Waals surface area (Å²) in [5, 5.41) is 0.929. The molecule has 1 N–H and O–H groups in total. The molecule has 0 radical (unpaired) electrons. The Morgan fingerprint density at radius 2 is 2.17 bits per heavy atom. The van der Waals surface area contributed by atoms with E-state index < -0.39 is 5.97 Å². The van der Waals surface area contributed by atoms with E-state index in [1.165, 1.54) is 18.4 Å². The van der Waals surface area contributed by atoms with E-state index in [1.807, 2.05) is 0 Å². The number of H-pyrrole nitrogens is 1. The summed E-state index contributed by atoms with van der Waals surface area (Å²) in [4.78, 5) is 30.6. The molecule has 0 saturated carbocycles. The van der Waals surface area contributed by atoms with Crippen LogP contribution in [0.5, 0.6) is 0 Å². The highest BCUT2D eigenvalue weighted by molar-refractivity contribution is 7.99.